The van der Waals surface area contributed by atoms with Crippen molar-refractivity contribution >= 4 is 44.9 Å². The molecule has 0 aliphatic carbocycles. The fraction of sp³-hybridized carbons (Fsp3) is 0.375. The van der Waals surface area contributed by atoms with E-state index in [0.717, 1.165) is 11.3 Å². The van der Waals surface area contributed by atoms with Crippen LogP contribution in [0.2, 0.25) is 5.02 Å². The number of fused-ring (bicyclic) bond motifs is 1. The summed E-state index contributed by atoms with van der Waals surface area (Å²) >= 11 is 7.43. The Morgan fingerprint density at radius 3 is 2.74 bits per heavy atom. The number of esters is 1. The van der Waals surface area contributed by atoms with E-state index in [2.05, 4.69) is 4.74 Å². The van der Waals surface area contributed by atoms with Gasteiger partial charge in [0.1, 0.15) is 10.7 Å². The molecule has 0 saturated heterocycles. The van der Waals surface area contributed by atoms with Crippen molar-refractivity contribution < 1.29 is 18.7 Å². The van der Waals surface area contributed by atoms with Gasteiger partial charge in [0.15, 0.2) is 0 Å². The van der Waals surface area contributed by atoms with Gasteiger partial charge < -0.3 is 9.64 Å². The first-order valence-corrected chi connectivity index (χ1v) is 8.33. The summed E-state index contributed by atoms with van der Waals surface area (Å²) in [6.07, 6.45) is 0. The van der Waals surface area contributed by atoms with Crippen molar-refractivity contribution in [3.05, 3.63) is 33.9 Å². The van der Waals surface area contributed by atoms with Crippen LogP contribution in [0.4, 0.5) is 4.39 Å². The SMILES string of the molecule is CCN(CC(C)C(=O)OC)C(=O)c1sc2cc(F)ccc2c1Cl. The zero-order valence-electron chi connectivity index (χ0n) is 13.1. The van der Waals surface area contributed by atoms with Crippen LogP contribution in [0.1, 0.15) is 23.5 Å². The number of ether oxygens (including phenoxy) is 1. The van der Waals surface area contributed by atoms with E-state index in [1.54, 1.807) is 13.0 Å². The Hall–Kier alpha value is -1.66. The van der Waals surface area contributed by atoms with Crippen LogP contribution in [0, 0.1) is 11.7 Å². The molecule has 0 N–H and O–H groups in total. The number of rotatable bonds is 5. The Morgan fingerprint density at radius 1 is 1.43 bits per heavy atom. The fourth-order valence-electron chi connectivity index (χ4n) is 2.28. The molecule has 1 atom stereocenters. The van der Waals surface area contributed by atoms with Crippen LogP contribution in [0.5, 0.6) is 0 Å². The highest BCUT2D eigenvalue weighted by Crippen LogP contribution is 2.36. The van der Waals surface area contributed by atoms with Gasteiger partial charge in [-0.15, -0.1) is 11.3 Å². The highest BCUT2D eigenvalue weighted by atomic mass is 35.5. The zero-order valence-corrected chi connectivity index (χ0v) is 14.6. The maximum atomic E-state index is 13.3. The fourth-order valence-corrected chi connectivity index (χ4v) is 3.79. The Labute approximate surface area is 142 Å². The van der Waals surface area contributed by atoms with E-state index in [-0.39, 0.29) is 24.2 Å². The lowest BCUT2D eigenvalue weighted by molar-refractivity contribution is -0.145. The second-order valence-corrected chi connectivity index (χ2v) is 6.58. The lowest BCUT2D eigenvalue weighted by atomic mass is 10.1. The normalized spacial score (nSPS) is 12.2. The van der Waals surface area contributed by atoms with Crippen molar-refractivity contribution in [2.75, 3.05) is 20.2 Å². The van der Waals surface area contributed by atoms with Crippen LogP contribution in [-0.4, -0.2) is 37.0 Å². The third kappa shape index (κ3) is 3.64. The number of carbonyl (C=O) groups excluding carboxylic acids is 2. The third-order valence-corrected chi connectivity index (χ3v) is 5.20. The summed E-state index contributed by atoms with van der Waals surface area (Å²) in [7, 11) is 1.31. The van der Waals surface area contributed by atoms with Gasteiger partial charge in [-0.25, -0.2) is 4.39 Å². The summed E-state index contributed by atoms with van der Waals surface area (Å²) in [5.74, 6) is -1.45. The summed E-state index contributed by atoms with van der Waals surface area (Å²) < 4.78 is 18.6. The minimum Gasteiger partial charge on any atom is -0.469 e. The van der Waals surface area contributed by atoms with E-state index in [4.69, 9.17) is 11.6 Å². The van der Waals surface area contributed by atoms with Gasteiger partial charge >= 0.3 is 5.97 Å². The molecule has 23 heavy (non-hydrogen) atoms. The molecule has 2 aromatic rings. The van der Waals surface area contributed by atoms with Crippen LogP contribution in [0.15, 0.2) is 18.2 Å². The smallest absolute Gasteiger partial charge is 0.310 e. The van der Waals surface area contributed by atoms with Crippen LogP contribution in [0.25, 0.3) is 10.1 Å². The minimum absolute atomic E-state index is 0.237. The Morgan fingerprint density at radius 2 is 2.13 bits per heavy atom. The molecule has 0 spiro atoms. The van der Waals surface area contributed by atoms with Gasteiger partial charge in [0, 0.05) is 23.2 Å². The number of nitrogens with zero attached hydrogens (tertiary/aromatic N) is 1. The number of benzene rings is 1. The van der Waals surface area contributed by atoms with E-state index < -0.39 is 5.92 Å². The molecule has 2 rings (SSSR count). The first kappa shape index (κ1) is 17.7. The number of thiophene rings is 1. The molecule has 0 bridgehead atoms. The molecule has 1 aromatic heterocycles. The first-order chi connectivity index (χ1) is 10.9. The van der Waals surface area contributed by atoms with Crippen molar-refractivity contribution in [2.24, 2.45) is 5.92 Å². The molecule has 1 amide bonds. The van der Waals surface area contributed by atoms with Crippen LogP contribution in [0.3, 0.4) is 0 Å². The summed E-state index contributed by atoms with van der Waals surface area (Å²) in [4.78, 5) is 26.1. The molecule has 1 aromatic carbocycles. The van der Waals surface area contributed by atoms with E-state index in [0.29, 0.717) is 26.5 Å². The maximum Gasteiger partial charge on any atom is 0.310 e. The Kier molecular flexibility index (Phi) is 5.59. The molecule has 1 heterocycles. The summed E-state index contributed by atoms with van der Waals surface area (Å²) in [5.41, 5.74) is 0. The number of carbonyl (C=O) groups is 2. The standard InChI is InChI=1S/C16H17ClFNO3S/c1-4-19(8-9(2)16(21)22-3)15(20)14-13(17)11-6-5-10(18)7-12(11)23-14/h5-7,9H,4,8H2,1-3H3. The molecular weight excluding hydrogens is 341 g/mol. The predicted octanol–water partition coefficient (Wildman–Crippen LogP) is 3.97. The number of amides is 1. The van der Waals surface area contributed by atoms with Gasteiger partial charge in [0.25, 0.3) is 5.91 Å². The largest absolute Gasteiger partial charge is 0.469 e. The second kappa shape index (κ2) is 7.27. The maximum absolute atomic E-state index is 13.3. The number of methoxy groups -OCH3 is 1. The minimum atomic E-state index is -0.436. The van der Waals surface area contributed by atoms with Gasteiger partial charge in [-0.1, -0.05) is 18.5 Å². The topological polar surface area (TPSA) is 46.6 Å². The summed E-state index contributed by atoms with van der Waals surface area (Å²) in [6.45, 7) is 4.19. The lowest BCUT2D eigenvalue weighted by Gasteiger charge is -2.23. The molecule has 0 saturated carbocycles. The molecule has 4 nitrogen and oxygen atoms in total. The quantitative estimate of drug-likeness (QED) is 0.761. The number of hydrogen-bond donors (Lipinski definition) is 0. The second-order valence-electron chi connectivity index (χ2n) is 5.15. The average molecular weight is 358 g/mol. The van der Waals surface area contributed by atoms with Gasteiger partial charge in [0.2, 0.25) is 0 Å². The third-order valence-electron chi connectivity index (χ3n) is 3.55. The molecule has 7 heteroatoms. The van der Waals surface area contributed by atoms with Crippen molar-refractivity contribution in [1.29, 1.82) is 0 Å². The number of halogens is 2. The molecule has 0 aliphatic rings. The highest BCUT2D eigenvalue weighted by molar-refractivity contribution is 7.21. The monoisotopic (exact) mass is 357 g/mol. The van der Waals surface area contributed by atoms with Crippen molar-refractivity contribution in [1.82, 2.24) is 4.90 Å². The van der Waals surface area contributed by atoms with Crippen molar-refractivity contribution in [3.63, 3.8) is 0 Å². The zero-order chi connectivity index (χ0) is 17.1. The molecule has 124 valence electrons. The van der Waals surface area contributed by atoms with E-state index in [9.17, 15) is 14.0 Å². The van der Waals surface area contributed by atoms with Crippen LogP contribution in [-0.2, 0) is 9.53 Å². The molecule has 1 unspecified atom stereocenters. The van der Waals surface area contributed by atoms with Crippen LogP contribution < -0.4 is 0 Å². The molecule has 0 aliphatic heterocycles. The Bertz CT molecular complexity index is 746. The van der Waals surface area contributed by atoms with Crippen molar-refractivity contribution in [3.8, 4) is 0 Å². The number of hydrogen-bond acceptors (Lipinski definition) is 4. The molecule has 0 radical (unpaired) electrons. The summed E-state index contributed by atoms with van der Waals surface area (Å²) in [6, 6.07) is 4.23. The Balaban J connectivity index is 2.30. The molecule has 0 fully saturated rings. The predicted molar refractivity (Wildman–Crippen MR) is 89.6 cm³/mol. The van der Waals surface area contributed by atoms with Gasteiger partial charge in [-0.3, -0.25) is 9.59 Å². The van der Waals surface area contributed by atoms with E-state index in [1.165, 1.54) is 24.1 Å². The lowest BCUT2D eigenvalue weighted by Crippen LogP contribution is -2.36. The first-order valence-electron chi connectivity index (χ1n) is 7.13. The van der Waals surface area contributed by atoms with E-state index >= 15 is 0 Å². The highest BCUT2D eigenvalue weighted by Gasteiger charge is 2.25. The van der Waals surface area contributed by atoms with Gasteiger partial charge in [0.05, 0.1) is 18.1 Å². The van der Waals surface area contributed by atoms with Gasteiger partial charge in [-0.2, -0.15) is 0 Å². The van der Waals surface area contributed by atoms with E-state index in [1.807, 2.05) is 6.92 Å². The molecular formula is C16H17ClFNO3S. The van der Waals surface area contributed by atoms with Gasteiger partial charge in [-0.05, 0) is 25.1 Å². The van der Waals surface area contributed by atoms with Crippen LogP contribution >= 0.6 is 22.9 Å². The summed E-state index contributed by atoms with van der Waals surface area (Å²) in [5, 5.41) is 0.970. The van der Waals surface area contributed by atoms with Crippen molar-refractivity contribution in [2.45, 2.75) is 13.8 Å². The average Bonchev–Trinajstić information content (AvgIpc) is 2.86.